The Morgan fingerprint density at radius 1 is 0.827 bits per heavy atom. The second-order valence-electron chi connectivity index (χ2n) is 12.4. The zero-order valence-corrected chi connectivity index (χ0v) is 28.9. The number of rotatable bonds is 20. The molecular weight excluding hydrogens is 678 g/mol. The number of amides is 6. The largest absolute Gasteiger partial charge is 0.383 e. The number of nitrogens with one attached hydrogen (secondary N) is 3. The van der Waals surface area contributed by atoms with Gasteiger partial charge < -0.3 is 40.2 Å². The van der Waals surface area contributed by atoms with Crippen molar-refractivity contribution >= 4 is 46.9 Å². The van der Waals surface area contributed by atoms with Crippen LogP contribution in [-0.4, -0.2) is 135 Å². The Morgan fingerprint density at radius 3 is 2.15 bits per heavy atom. The molecule has 0 radical (unpaired) electrons. The molecule has 17 nitrogen and oxygen atoms in total. The fraction of sp³-hybridized carbons (Fsp3) is 0.514. The van der Waals surface area contributed by atoms with Crippen LogP contribution in [0.1, 0.15) is 63.3 Å². The smallest absolute Gasteiger partial charge is 0.267 e. The lowest BCUT2D eigenvalue weighted by Gasteiger charge is -2.32. The number of hydrogen-bond donors (Lipinski definition) is 4. The van der Waals surface area contributed by atoms with Crippen LogP contribution in [0.25, 0.3) is 0 Å². The van der Waals surface area contributed by atoms with Gasteiger partial charge in [0.25, 0.3) is 17.7 Å². The lowest BCUT2D eigenvalue weighted by atomic mass is 10.0. The van der Waals surface area contributed by atoms with Crippen molar-refractivity contribution in [3.63, 3.8) is 0 Å². The summed E-state index contributed by atoms with van der Waals surface area (Å²) >= 11 is 0. The lowest BCUT2D eigenvalue weighted by molar-refractivity contribution is -0.136. The standard InChI is InChI=1S/C35H45N7O10/c36-32(45)27-2-1-3-29(39-27)38-23-8-12-41(13-9-23)31(44)10-14-49-16-18-51-20-21-52-19-17-50-15-11-37-24-4-5-25-26(22-24)35(48)42(34(25)47)28-6-7-30(43)40-33(28)46/h1-5,22-23,28,37H,6-21H2,(H2,36,45)(H,38,39)(H,40,43,46). The molecule has 1 unspecified atom stereocenters. The molecule has 3 aliphatic rings. The number of primary amides is 1. The molecule has 2 fully saturated rings. The number of aromatic nitrogens is 1. The summed E-state index contributed by atoms with van der Waals surface area (Å²) in [6.45, 7) is 4.76. The molecule has 6 amide bonds. The number of piperidine rings is 2. The van der Waals surface area contributed by atoms with Crippen molar-refractivity contribution in [3.8, 4) is 0 Å². The number of fused-ring (bicyclic) bond motifs is 1. The molecule has 1 aromatic heterocycles. The number of carbonyl (C=O) groups excluding carboxylic acids is 6. The predicted molar refractivity (Wildman–Crippen MR) is 185 cm³/mol. The monoisotopic (exact) mass is 723 g/mol. The van der Waals surface area contributed by atoms with E-state index in [2.05, 4.69) is 20.9 Å². The molecule has 280 valence electrons. The molecule has 2 aromatic rings. The summed E-state index contributed by atoms with van der Waals surface area (Å²) in [6, 6.07) is 9.06. The van der Waals surface area contributed by atoms with E-state index < -0.39 is 35.6 Å². The third-order valence-electron chi connectivity index (χ3n) is 8.79. The summed E-state index contributed by atoms with van der Waals surface area (Å²) in [5, 5.41) is 8.65. The van der Waals surface area contributed by atoms with E-state index in [1.54, 1.807) is 36.4 Å². The van der Waals surface area contributed by atoms with E-state index in [1.165, 1.54) is 0 Å². The molecule has 1 atom stereocenters. The van der Waals surface area contributed by atoms with Crippen LogP contribution in [0, 0.1) is 0 Å². The third-order valence-corrected chi connectivity index (χ3v) is 8.79. The van der Waals surface area contributed by atoms with Gasteiger partial charge in [-0.3, -0.25) is 39.0 Å². The Bertz CT molecular complexity index is 1610. The van der Waals surface area contributed by atoms with Crippen molar-refractivity contribution in [1.82, 2.24) is 20.1 Å². The third kappa shape index (κ3) is 10.5. The fourth-order valence-electron chi connectivity index (χ4n) is 6.06. The van der Waals surface area contributed by atoms with E-state index in [0.717, 1.165) is 17.7 Å². The molecule has 5 N–H and O–H groups in total. The molecule has 17 heteroatoms. The molecule has 2 saturated heterocycles. The van der Waals surface area contributed by atoms with Gasteiger partial charge in [-0.1, -0.05) is 6.07 Å². The SMILES string of the molecule is NC(=O)c1cccc(NC2CCN(C(=O)CCOCCOCCOCCOCCNc3ccc4c(c3)C(=O)N(C3CCC(=O)NC3=O)C4=O)CC2)n1. The maximum absolute atomic E-state index is 13.0. The van der Waals surface area contributed by atoms with Crippen LogP contribution in [0.15, 0.2) is 36.4 Å². The minimum Gasteiger partial charge on any atom is -0.383 e. The highest BCUT2D eigenvalue weighted by Crippen LogP contribution is 2.29. The van der Waals surface area contributed by atoms with Gasteiger partial charge in [0.1, 0.15) is 17.6 Å². The van der Waals surface area contributed by atoms with Crippen LogP contribution in [-0.2, 0) is 33.3 Å². The molecule has 4 heterocycles. The molecule has 0 saturated carbocycles. The number of nitrogens with zero attached hydrogens (tertiary/aromatic N) is 3. The fourth-order valence-corrected chi connectivity index (χ4v) is 6.06. The zero-order chi connectivity index (χ0) is 36.9. The number of nitrogens with two attached hydrogens (primary N) is 1. The Labute approximate surface area is 300 Å². The lowest BCUT2D eigenvalue weighted by Crippen LogP contribution is -2.54. The maximum Gasteiger partial charge on any atom is 0.267 e. The molecule has 0 spiro atoms. The molecule has 3 aliphatic heterocycles. The summed E-state index contributed by atoms with van der Waals surface area (Å²) in [6.07, 6.45) is 2.02. The summed E-state index contributed by atoms with van der Waals surface area (Å²) in [5.41, 5.74) is 6.58. The average molecular weight is 724 g/mol. The Hall–Kier alpha value is -4.97. The number of benzene rings is 1. The van der Waals surface area contributed by atoms with Crippen molar-refractivity contribution in [1.29, 1.82) is 0 Å². The van der Waals surface area contributed by atoms with Crippen molar-refractivity contribution in [2.45, 2.75) is 44.2 Å². The number of pyridine rings is 1. The van der Waals surface area contributed by atoms with Crippen LogP contribution in [0.3, 0.4) is 0 Å². The van der Waals surface area contributed by atoms with Gasteiger partial charge in [-0.15, -0.1) is 0 Å². The van der Waals surface area contributed by atoms with Crippen molar-refractivity contribution in [2.75, 3.05) is 83.1 Å². The Balaban J connectivity index is 0.826. The summed E-state index contributed by atoms with van der Waals surface area (Å²) in [4.78, 5) is 80.4. The summed E-state index contributed by atoms with van der Waals surface area (Å²) < 4.78 is 22.2. The van der Waals surface area contributed by atoms with E-state index in [4.69, 9.17) is 24.7 Å². The molecule has 0 bridgehead atoms. The van der Waals surface area contributed by atoms with E-state index in [1.807, 2.05) is 4.90 Å². The van der Waals surface area contributed by atoms with Crippen LogP contribution in [0.2, 0.25) is 0 Å². The first kappa shape index (κ1) is 38.3. The van der Waals surface area contributed by atoms with Gasteiger partial charge in [0, 0.05) is 37.8 Å². The number of imide groups is 2. The normalized spacial score (nSPS) is 17.7. The van der Waals surface area contributed by atoms with E-state index in [9.17, 15) is 28.8 Å². The number of anilines is 2. The first-order valence-electron chi connectivity index (χ1n) is 17.4. The highest BCUT2D eigenvalue weighted by Gasteiger charge is 2.44. The van der Waals surface area contributed by atoms with Crippen LogP contribution in [0.5, 0.6) is 0 Å². The zero-order valence-electron chi connectivity index (χ0n) is 28.9. The summed E-state index contributed by atoms with van der Waals surface area (Å²) in [5.74, 6) is -2.09. The second kappa shape index (κ2) is 19.0. The molecule has 52 heavy (non-hydrogen) atoms. The van der Waals surface area contributed by atoms with Gasteiger partial charge in [0.2, 0.25) is 17.7 Å². The quantitative estimate of drug-likeness (QED) is 0.108. The van der Waals surface area contributed by atoms with Gasteiger partial charge in [0.15, 0.2) is 0 Å². The number of ether oxygens (including phenoxy) is 4. The first-order valence-corrected chi connectivity index (χ1v) is 17.4. The van der Waals surface area contributed by atoms with Crippen LogP contribution < -0.4 is 21.7 Å². The van der Waals surface area contributed by atoms with Crippen molar-refractivity contribution in [2.24, 2.45) is 5.73 Å². The van der Waals surface area contributed by atoms with E-state index in [-0.39, 0.29) is 41.6 Å². The van der Waals surface area contributed by atoms with E-state index in [0.29, 0.717) is 90.4 Å². The first-order chi connectivity index (χ1) is 25.2. The predicted octanol–water partition coefficient (Wildman–Crippen LogP) is 0.553. The molecule has 5 rings (SSSR count). The minimum absolute atomic E-state index is 0.0529. The number of hydrogen-bond acceptors (Lipinski definition) is 13. The Kier molecular flexibility index (Phi) is 14.0. The van der Waals surface area contributed by atoms with Crippen LogP contribution in [0.4, 0.5) is 11.5 Å². The van der Waals surface area contributed by atoms with Crippen molar-refractivity contribution in [3.05, 3.63) is 53.2 Å². The van der Waals surface area contributed by atoms with Gasteiger partial charge in [-0.2, -0.15) is 0 Å². The molecule has 0 aliphatic carbocycles. The maximum atomic E-state index is 13.0. The molecule has 1 aromatic carbocycles. The topological polar surface area (TPSA) is 221 Å². The van der Waals surface area contributed by atoms with Gasteiger partial charge in [-0.25, -0.2) is 4.98 Å². The average Bonchev–Trinajstić information content (AvgIpc) is 3.38. The Morgan fingerprint density at radius 2 is 1.48 bits per heavy atom. The van der Waals surface area contributed by atoms with Crippen molar-refractivity contribution < 1.29 is 47.7 Å². The van der Waals surface area contributed by atoms with Gasteiger partial charge in [-0.05, 0) is 49.6 Å². The number of likely N-dealkylation sites (tertiary alicyclic amines) is 1. The van der Waals surface area contributed by atoms with Crippen LogP contribution >= 0.6 is 0 Å². The summed E-state index contributed by atoms with van der Waals surface area (Å²) in [7, 11) is 0. The highest BCUT2D eigenvalue weighted by molar-refractivity contribution is 6.23. The second-order valence-corrected chi connectivity index (χ2v) is 12.4. The number of carbonyl (C=O) groups is 6. The highest BCUT2D eigenvalue weighted by atomic mass is 16.6. The van der Waals surface area contributed by atoms with E-state index >= 15 is 0 Å². The van der Waals surface area contributed by atoms with Gasteiger partial charge in [0.05, 0.1) is 70.4 Å². The molecular formula is C35H45N7O10. The minimum atomic E-state index is -1.00. The van der Waals surface area contributed by atoms with Gasteiger partial charge >= 0.3 is 0 Å².